The quantitative estimate of drug-likeness (QED) is 0.837. The number of nitrogens with one attached hydrogen (secondary N) is 1. The van der Waals surface area contributed by atoms with Crippen LogP contribution in [0.3, 0.4) is 0 Å². The third kappa shape index (κ3) is 4.00. The van der Waals surface area contributed by atoms with E-state index in [2.05, 4.69) is 23.5 Å². The zero-order chi connectivity index (χ0) is 14.2. The highest BCUT2D eigenvalue weighted by atomic mass is 16.5. The van der Waals surface area contributed by atoms with Gasteiger partial charge in [-0.15, -0.1) is 0 Å². The van der Waals surface area contributed by atoms with Crippen molar-refractivity contribution in [3.63, 3.8) is 0 Å². The molecule has 0 bridgehead atoms. The first-order chi connectivity index (χ1) is 9.83. The Morgan fingerprint density at radius 1 is 0.950 bits per heavy atom. The van der Waals surface area contributed by atoms with Gasteiger partial charge in [0.15, 0.2) is 0 Å². The summed E-state index contributed by atoms with van der Waals surface area (Å²) < 4.78 is 10.8. The van der Waals surface area contributed by atoms with Gasteiger partial charge < -0.3 is 14.8 Å². The van der Waals surface area contributed by atoms with E-state index in [0.29, 0.717) is 6.61 Å². The molecule has 3 heteroatoms. The maximum atomic E-state index is 5.43. The molecular formula is C17H21NO2. The van der Waals surface area contributed by atoms with Crippen LogP contribution in [0.2, 0.25) is 0 Å². The molecule has 0 aromatic heterocycles. The molecule has 3 nitrogen and oxygen atoms in total. The summed E-state index contributed by atoms with van der Waals surface area (Å²) in [4.78, 5) is 0. The summed E-state index contributed by atoms with van der Waals surface area (Å²) in [6.07, 6.45) is 0. The predicted octanol–water partition coefficient (Wildman–Crippen LogP) is 3.38. The minimum Gasteiger partial charge on any atom is -0.496 e. The molecule has 0 radical (unpaired) electrons. The smallest absolute Gasteiger partial charge is 0.123 e. The Labute approximate surface area is 120 Å². The third-order valence-electron chi connectivity index (χ3n) is 3.07. The predicted molar refractivity (Wildman–Crippen MR) is 81.1 cm³/mol. The van der Waals surface area contributed by atoms with Crippen molar-refractivity contribution in [3.05, 3.63) is 59.7 Å². The highest BCUT2D eigenvalue weighted by Crippen LogP contribution is 2.17. The van der Waals surface area contributed by atoms with Crippen LogP contribution in [-0.4, -0.2) is 13.7 Å². The topological polar surface area (TPSA) is 30.5 Å². The maximum Gasteiger partial charge on any atom is 0.123 e. The lowest BCUT2D eigenvalue weighted by atomic mass is 10.2. The van der Waals surface area contributed by atoms with Crippen molar-refractivity contribution < 1.29 is 9.47 Å². The molecule has 0 fully saturated rings. The van der Waals surface area contributed by atoms with Crippen LogP contribution in [0.15, 0.2) is 48.5 Å². The fourth-order valence-corrected chi connectivity index (χ4v) is 2.06. The molecule has 0 atom stereocenters. The Morgan fingerprint density at radius 3 is 2.40 bits per heavy atom. The van der Waals surface area contributed by atoms with Crippen molar-refractivity contribution >= 4 is 0 Å². The molecule has 0 saturated carbocycles. The van der Waals surface area contributed by atoms with Gasteiger partial charge in [0.1, 0.15) is 11.5 Å². The lowest BCUT2D eigenvalue weighted by molar-refractivity contribution is 0.340. The van der Waals surface area contributed by atoms with Gasteiger partial charge in [-0.1, -0.05) is 30.3 Å². The SMILES string of the molecule is CCOc1ccc(CNCc2ccccc2OC)cc1. The number of ether oxygens (including phenoxy) is 2. The van der Waals surface area contributed by atoms with Gasteiger partial charge >= 0.3 is 0 Å². The van der Waals surface area contributed by atoms with E-state index in [1.807, 2.05) is 37.3 Å². The number of hydrogen-bond acceptors (Lipinski definition) is 3. The molecule has 2 aromatic carbocycles. The average molecular weight is 271 g/mol. The molecule has 0 unspecified atom stereocenters. The monoisotopic (exact) mass is 271 g/mol. The lowest BCUT2D eigenvalue weighted by Crippen LogP contribution is -2.13. The van der Waals surface area contributed by atoms with E-state index in [1.165, 1.54) is 11.1 Å². The van der Waals surface area contributed by atoms with Gasteiger partial charge in [-0.05, 0) is 30.7 Å². The van der Waals surface area contributed by atoms with Crippen LogP contribution in [-0.2, 0) is 13.1 Å². The summed E-state index contributed by atoms with van der Waals surface area (Å²) in [7, 11) is 1.70. The first-order valence-electron chi connectivity index (χ1n) is 6.88. The third-order valence-corrected chi connectivity index (χ3v) is 3.07. The van der Waals surface area contributed by atoms with E-state index in [-0.39, 0.29) is 0 Å². The van der Waals surface area contributed by atoms with Crippen LogP contribution >= 0.6 is 0 Å². The van der Waals surface area contributed by atoms with E-state index in [1.54, 1.807) is 7.11 Å². The number of hydrogen-bond donors (Lipinski definition) is 1. The van der Waals surface area contributed by atoms with Crippen molar-refractivity contribution in [2.45, 2.75) is 20.0 Å². The van der Waals surface area contributed by atoms with E-state index < -0.39 is 0 Å². The number of rotatable bonds is 7. The van der Waals surface area contributed by atoms with Gasteiger partial charge in [0.25, 0.3) is 0 Å². The molecule has 0 aliphatic rings. The lowest BCUT2D eigenvalue weighted by Gasteiger charge is -2.10. The van der Waals surface area contributed by atoms with Gasteiger partial charge in [-0.25, -0.2) is 0 Å². The summed E-state index contributed by atoms with van der Waals surface area (Å²) in [6.45, 7) is 4.30. The molecule has 0 aliphatic carbocycles. The van der Waals surface area contributed by atoms with Crippen molar-refractivity contribution in [2.24, 2.45) is 0 Å². The van der Waals surface area contributed by atoms with Crippen LogP contribution in [0.25, 0.3) is 0 Å². The van der Waals surface area contributed by atoms with Crippen LogP contribution in [0.5, 0.6) is 11.5 Å². The second kappa shape index (κ2) is 7.56. The fraction of sp³-hybridized carbons (Fsp3) is 0.294. The number of methoxy groups -OCH3 is 1. The summed E-state index contributed by atoms with van der Waals surface area (Å²) in [5, 5.41) is 3.42. The van der Waals surface area contributed by atoms with Gasteiger partial charge in [-0.3, -0.25) is 0 Å². The molecular weight excluding hydrogens is 250 g/mol. The highest BCUT2D eigenvalue weighted by Gasteiger charge is 2.01. The second-order valence-corrected chi connectivity index (χ2v) is 4.49. The Morgan fingerprint density at radius 2 is 1.70 bits per heavy atom. The minimum atomic E-state index is 0.700. The van der Waals surface area contributed by atoms with Gasteiger partial charge in [0.05, 0.1) is 13.7 Å². The van der Waals surface area contributed by atoms with Gasteiger partial charge in [0, 0.05) is 18.7 Å². The normalized spacial score (nSPS) is 10.3. The number of benzene rings is 2. The molecule has 2 rings (SSSR count). The van der Waals surface area contributed by atoms with Crippen molar-refractivity contribution in [3.8, 4) is 11.5 Å². The highest BCUT2D eigenvalue weighted by molar-refractivity contribution is 5.33. The first-order valence-corrected chi connectivity index (χ1v) is 6.88. The average Bonchev–Trinajstić information content (AvgIpc) is 2.50. The molecule has 0 saturated heterocycles. The summed E-state index contributed by atoms with van der Waals surface area (Å²) in [5.74, 6) is 1.84. The van der Waals surface area contributed by atoms with E-state index >= 15 is 0 Å². The molecule has 20 heavy (non-hydrogen) atoms. The molecule has 2 aromatic rings. The van der Waals surface area contributed by atoms with E-state index in [0.717, 1.165) is 24.6 Å². The second-order valence-electron chi connectivity index (χ2n) is 4.49. The molecule has 0 aliphatic heterocycles. The summed E-state index contributed by atoms with van der Waals surface area (Å²) in [6, 6.07) is 16.2. The Hall–Kier alpha value is -2.00. The number of para-hydroxylation sites is 1. The van der Waals surface area contributed by atoms with Crippen LogP contribution < -0.4 is 14.8 Å². The van der Waals surface area contributed by atoms with Gasteiger partial charge in [-0.2, -0.15) is 0 Å². The largest absolute Gasteiger partial charge is 0.496 e. The summed E-state index contributed by atoms with van der Waals surface area (Å²) >= 11 is 0. The fourth-order valence-electron chi connectivity index (χ4n) is 2.06. The zero-order valence-electron chi connectivity index (χ0n) is 12.1. The zero-order valence-corrected chi connectivity index (χ0v) is 12.1. The first kappa shape index (κ1) is 14.4. The van der Waals surface area contributed by atoms with Crippen LogP contribution in [0.1, 0.15) is 18.1 Å². The Bertz CT molecular complexity index is 523. The molecule has 106 valence electrons. The molecule has 0 heterocycles. The molecule has 0 spiro atoms. The minimum absolute atomic E-state index is 0.700. The molecule has 0 amide bonds. The van der Waals surface area contributed by atoms with Gasteiger partial charge in [0.2, 0.25) is 0 Å². The van der Waals surface area contributed by atoms with Crippen molar-refractivity contribution in [2.75, 3.05) is 13.7 Å². The Balaban J connectivity index is 1.86. The van der Waals surface area contributed by atoms with Crippen LogP contribution in [0.4, 0.5) is 0 Å². The van der Waals surface area contributed by atoms with E-state index in [9.17, 15) is 0 Å². The Kier molecular flexibility index (Phi) is 5.44. The van der Waals surface area contributed by atoms with Crippen molar-refractivity contribution in [1.82, 2.24) is 5.32 Å². The van der Waals surface area contributed by atoms with Crippen LogP contribution in [0, 0.1) is 0 Å². The summed E-state index contributed by atoms with van der Waals surface area (Å²) in [5.41, 5.74) is 2.41. The molecule has 1 N–H and O–H groups in total. The standard InChI is InChI=1S/C17H21NO2/c1-3-20-16-10-8-14(9-11-16)12-18-13-15-6-4-5-7-17(15)19-2/h4-11,18H,3,12-13H2,1-2H3. The van der Waals surface area contributed by atoms with Crippen molar-refractivity contribution in [1.29, 1.82) is 0 Å². The van der Waals surface area contributed by atoms with E-state index in [4.69, 9.17) is 9.47 Å². The maximum absolute atomic E-state index is 5.43.